The van der Waals surface area contributed by atoms with Crippen molar-refractivity contribution in [1.82, 2.24) is 5.32 Å². The Bertz CT molecular complexity index is 650. The molecule has 2 saturated heterocycles. The van der Waals surface area contributed by atoms with E-state index in [1.807, 2.05) is 0 Å². The van der Waals surface area contributed by atoms with E-state index >= 15 is 0 Å². The standard InChI is InChI=1S/C18H21NOS/c20-16(9-12-7-14-5-6-15(8-12)19-14)10-13-11-21-18-4-2-1-3-17(13)18/h1-4,11-12,14-15,19H,5-10H2. The molecule has 2 nitrogen and oxygen atoms in total. The average Bonchev–Trinajstić information content (AvgIpc) is 3.03. The number of carbonyl (C=O) groups is 1. The fourth-order valence-electron chi connectivity index (χ4n) is 4.12. The molecular formula is C18H21NOS. The highest BCUT2D eigenvalue weighted by Crippen LogP contribution is 2.33. The van der Waals surface area contributed by atoms with E-state index in [9.17, 15) is 4.79 Å². The lowest BCUT2D eigenvalue weighted by Crippen LogP contribution is -2.38. The van der Waals surface area contributed by atoms with Crippen molar-refractivity contribution in [3.8, 4) is 0 Å². The molecule has 2 bridgehead atoms. The van der Waals surface area contributed by atoms with Gasteiger partial charge in [-0.2, -0.15) is 0 Å². The van der Waals surface area contributed by atoms with Gasteiger partial charge in [0.25, 0.3) is 0 Å². The number of fused-ring (bicyclic) bond motifs is 3. The lowest BCUT2D eigenvalue weighted by atomic mass is 9.87. The van der Waals surface area contributed by atoms with Crippen LogP contribution in [0.2, 0.25) is 0 Å². The number of hydrogen-bond acceptors (Lipinski definition) is 3. The first kappa shape index (κ1) is 13.5. The Balaban J connectivity index is 1.42. The van der Waals surface area contributed by atoms with Crippen LogP contribution in [0.1, 0.15) is 37.7 Å². The number of carbonyl (C=O) groups excluding carboxylic acids is 1. The van der Waals surface area contributed by atoms with Crippen molar-refractivity contribution in [1.29, 1.82) is 0 Å². The first-order valence-corrected chi connectivity index (χ1v) is 8.89. The molecule has 2 aliphatic rings. The zero-order chi connectivity index (χ0) is 14.2. The predicted molar refractivity (Wildman–Crippen MR) is 87.8 cm³/mol. The number of thiophene rings is 1. The van der Waals surface area contributed by atoms with Crippen LogP contribution in [-0.4, -0.2) is 17.9 Å². The zero-order valence-corrected chi connectivity index (χ0v) is 13.0. The Kier molecular flexibility index (Phi) is 3.56. The van der Waals surface area contributed by atoms with Gasteiger partial charge in [0.2, 0.25) is 0 Å². The van der Waals surface area contributed by atoms with Gasteiger partial charge in [-0.3, -0.25) is 4.79 Å². The van der Waals surface area contributed by atoms with Crippen LogP contribution in [0.4, 0.5) is 0 Å². The van der Waals surface area contributed by atoms with Crippen molar-refractivity contribution in [3.63, 3.8) is 0 Å². The van der Waals surface area contributed by atoms with Crippen LogP contribution in [0.3, 0.4) is 0 Å². The first-order valence-electron chi connectivity index (χ1n) is 8.01. The second-order valence-electron chi connectivity index (χ2n) is 6.65. The minimum Gasteiger partial charge on any atom is -0.311 e. The highest BCUT2D eigenvalue weighted by atomic mass is 32.1. The fourth-order valence-corrected chi connectivity index (χ4v) is 5.08. The molecule has 1 N–H and O–H groups in total. The van der Waals surface area contributed by atoms with E-state index in [0.29, 0.717) is 30.2 Å². The van der Waals surface area contributed by atoms with Crippen LogP contribution >= 0.6 is 11.3 Å². The van der Waals surface area contributed by atoms with Gasteiger partial charge in [-0.05, 0) is 54.0 Å². The van der Waals surface area contributed by atoms with E-state index in [1.165, 1.54) is 41.3 Å². The number of benzene rings is 1. The van der Waals surface area contributed by atoms with Gasteiger partial charge in [-0.15, -0.1) is 11.3 Å². The summed E-state index contributed by atoms with van der Waals surface area (Å²) < 4.78 is 1.29. The Morgan fingerprint density at radius 2 is 1.95 bits per heavy atom. The lowest BCUT2D eigenvalue weighted by molar-refractivity contribution is -0.119. The first-order chi connectivity index (χ1) is 10.3. The Labute approximate surface area is 129 Å². The normalized spacial score (nSPS) is 28.1. The van der Waals surface area contributed by atoms with Crippen LogP contribution in [0.25, 0.3) is 10.1 Å². The van der Waals surface area contributed by atoms with Gasteiger partial charge >= 0.3 is 0 Å². The van der Waals surface area contributed by atoms with Gasteiger partial charge in [-0.25, -0.2) is 0 Å². The summed E-state index contributed by atoms with van der Waals surface area (Å²) in [6.45, 7) is 0. The van der Waals surface area contributed by atoms with Gasteiger partial charge in [-0.1, -0.05) is 18.2 Å². The number of piperidine rings is 1. The highest BCUT2D eigenvalue weighted by Gasteiger charge is 2.34. The summed E-state index contributed by atoms with van der Waals surface area (Å²) in [5, 5.41) is 7.08. The maximum absolute atomic E-state index is 12.4. The maximum Gasteiger partial charge on any atom is 0.137 e. The number of hydrogen-bond donors (Lipinski definition) is 1. The summed E-state index contributed by atoms with van der Waals surface area (Å²) in [5.41, 5.74) is 1.22. The van der Waals surface area contributed by atoms with Crippen LogP contribution < -0.4 is 5.32 Å². The van der Waals surface area contributed by atoms with Gasteiger partial charge in [0.1, 0.15) is 5.78 Å². The SMILES string of the molecule is O=C(Cc1csc2ccccc12)CC1CC2CCC(C1)N2. The van der Waals surface area contributed by atoms with Crippen molar-refractivity contribution in [2.45, 2.75) is 50.6 Å². The van der Waals surface area contributed by atoms with Crippen molar-refractivity contribution in [2.75, 3.05) is 0 Å². The molecule has 2 aromatic rings. The minimum atomic E-state index is 0.421. The molecule has 2 fully saturated rings. The fraction of sp³-hybridized carbons (Fsp3) is 0.500. The van der Waals surface area contributed by atoms with E-state index in [1.54, 1.807) is 11.3 Å². The quantitative estimate of drug-likeness (QED) is 0.926. The lowest BCUT2D eigenvalue weighted by Gasteiger charge is -2.28. The molecular weight excluding hydrogens is 278 g/mol. The Morgan fingerprint density at radius 1 is 1.19 bits per heavy atom. The number of Topliss-reactive ketones (excluding diaryl/α,β-unsaturated/α-hetero) is 1. The third kappa shape index (κ3) is 2.77. The molecule has 1 aromatic heterocycles. The van der Waals surface area contributed by atoms with E-state index in [0.717, 1.165) is 6.42 Å². The third-order valence-corrected chi connectivity index (χ3v) is 6.05. The molecule has 2 unspecified atom stereocenters. The zero-order valence-electron chi connectivity index (χ0n) is 12.2. The predicted octanol–water partition coefficient (Wildman–Crippen LogP) is 3.93. The summed E-state index contributed by atoms with van der Waals surface area (Å²) >= 11 is 1.75. The van der Waals surface area contributed by atoms with Gasteiger partial charge in [0.05, 0.1) is 0 Å². The van der Waals surface area contributed by atoms with E-state index in [4.69, 9.17) is 0 Å². The molecule has 2 atom stereocenters. The molecule has 1 aromatic carbocycles. The summed E-state index contributed by atoms with van der Waals surface area (Å²) in [6, 6.07) is 9.77. The van der Waals surface area contributed by atoms with Crippen LogP contribution in [-0.2, 0) is 11.2 Å². The molecule has 2 aliphatic heterocycles. The molecule has 3 heterocycles. The van der Waals surface area contributed by atoms with Gasteiger partial charge in [0.15, 0.2) is 0 Å². The second kappa shape index (κ2) is 5.54. The maximum atomic E-state index is 12.4. The molecule has 0 saturated carbocycles. The van der Waals surface area contributed by atoms with Crippen LogP contribution in [0.5, 0.6) is 0 Å². The molecule has 0 spiro atoms. The van der Waals surface area contributed by atoms with Crippen molar-refractivity contribution in [2.24, 2.45) is 5.92 Å². The summed E-state index contributed by atoms with van der Waals surface area (Å²) in [7, 11) is 0. The van der Waals surface area contributed by atoms with Gasteiger partial charge in [0, 0.05) is 29.6 Å². The third-order valence-electron chi connectivity index (χ3n) is 5.04. The summed E-state index contributed by atoms with van der Waals surface area (Å²) in [5.74, 6) is 1.03. The summed E-state index contributed by atoms with van der Waals surface area (Å²) in [4.78, 5) is 12.4. The topological polar surface area (TPSA) is 29.1 Å². The molecule has 0 amide bonds. The smallest absolute Gasteiger partial charge is 0.137 e. The minimum absolute atomic E-state index is 0.421. The average molecular weight is 299 g/mol. The van der Waals surface area contributed by atoms with E-state index in [-0.39, 0.29) is 0 Å². The van der Waals surface area contributed by atoms with Crippen LogP contribution in [0, 0.1) is 5.92 Å². The van der Waals surface area contributed by atoms with Crippen molar-refractivity contribution in [3.05, 3.63) is 35.2 Å². The molecule has 110 valence electrons. The van der Waals surface area contributed by atoms with Crippen molar-refractivity contribution < 1.29 is 4.79 Å². The molecule has 3 heteroatoms. The number of ketones is 1. The van der Waals surface area contributed by atoms with Crippen molar-refractivity contribution >= 4 is 27.2 Å². The Hall–Kier alpha value is -1.19. The van der Waals surface area contributed by atoms with E-state index in [2.05, 4.69) is 35.0 Å². The van der Waals surface area contributed by atoms with Crippen LogP contribution in [0.15, 0.2) is 29.6 Å². The summed E-state index contributed by atoms with van der Waals surface area (Å²) in [6.07, 6.45) is 6.41. The number of rotatable bonds is 4. The Morgan fingerprint density at radius 3 is 2.76 bits per heavy atom. The largest absolute Gasteiger partial charge is 0.311 e. The molecule has 21 heavy (non-hydrogen) atoms. The molecule has 0 aliphatic carbocycles. The van der Waals surface area contributed by atoms with Gasteiger partial charge < -0.3 is 5.32 Å². The monoisotopic (exact) mass is 299 g/mol. The molecule has 0 radical (unpaired) electrons. The van der Waals surface area contributed by atoms with E-state index < -0.39 is 0 Å². The molecule has 4 rings (SSSR count). The highest BCUT2D eigenvalue weighted by molar-refractivity contribution is 7.17. The second-order valence-corrected chi connectivity index (χ2v) is 7.56. The number of nitrogens with one attached hydrogen (secondary N) is 1.